The van der Waals surface area contributed by atoms with Crippen LogP contribution in [-0.4, -0.2) is 48.6 Å². The molecule has 0 aromatic carbocycles. The number of allylic oxidation sites excluding steroid dienone is 2. The van der Waals surface area contributed by atoms with Gasteiger partial charge in [-0.25, -0.2) is 0 Å². The van der Waals surface area contributed by atoms with Gasteiger partial charge in [-0.15, -0.1) is 0 Å². The van der Waals surface area contributed by atoms with Crippen molar-refractivity contribution in [2.45, 2.75) is 360 Å². The van der Waals surface area contributed by atoms with Gasteiger partial charge in [0.1, 0.15) is 13.2 Å². The number of ether oxygens (including phenoxy) is 2. The van der Waals surface area contributed by atoms with Crippen LogP contribution in [0.15, 0.2) is 12.2 Å². The fourth-order valence-electron chi connectivity index (χ4n) is 10.9. The normalized spacial score (nSPS) is 15.2. The summed E-state index contributed by atoms with van der Waals surface area (Å²) in [5.41, 5.74) is -1.14. The van der Waals surface area contributed by atoms with Crippen molar-refractivity contribution in [2.24, 2.45) is 11.3 Å². The molecule has 2 N–H and O–H groups in total. The van der Waals surface area contributed by atoms with E-state index in [0.29, 0.717) is 6.42 Å². The summed E-state index contributed by atoms with van der Waals surface area (Å²) in [5, 5.41) is 19.2. The summed E-state index contributed by atoms with van der Waals surface area (Å²) < 4.78 is 10.6. The molecule has 1 aliphatic heterocycles. The molecule has 1 heterocycles. The van der Waals surface area contributed by atoms with Crippen molar-refractivity contribution in [3.8, 4) is 0 Å². The predicted molar refractivity (Wildman–Crippen MR) is 311 cm³/mol. The molecule has 1 aliphatic rings. The van der Waals surface area contributed by atoms with Crippen LogP contribution < -0.4 is 0 Å². The summed E-state index contributed by atoms with van der Waals surface area (Å²) in [6.45, 7) is 1.15. The minimum atomic E-state index is -1.14. The van der Waals surface area contributed by atoms with E-state index in [1.807, 2.05) is 6.08 Å². The van der Waals surface area contributed by atoms with Gasteiger partial charge in [-0.05, 0) is 19.3 Å². The maximum absolute atomic E-state index is 12.5. The average molecular weight is 1020 g/mol. The molecule has 0 radical (unpaired) electrons. The van der Waals surface area contributed by atoms with E-state index >= 15 is 0 Å². The Bertz CT molecular complexity index is 1130. The maximum Gasteiger partial charge on any atom is 0.309 e. The van der Waals surface area contributed by atoms with Gasteiger partial charge in [-0.2, -0.15) is 0 Å². The van der Waals surface area contributed by atoms with E-state index in [1.54, 1.807) is 0 Å². The highest BCUT2D eigenvalue weighted by molar-refractivity contribution is 5.80. The van der Waals surface area contributed by atoms with Crippen molar-refractivity contribution in [3.63, 3.8) is 0 Å². The van der Waals surface area contributed by atoms with Crippen molar-refractivity contribution < 1.29 is 29.3 Å². The van der Waals surface area contributed by atoms with Crippen molar-refractivity contribution in [3.05, 3.63) is 12.2 Å². The van der Waals surface area contributed by atoms with Crippen LogP contribution in [0, 0.1) is 11.3 Å². The van der Waals surface area contributed by atoms with Crippen LogP contribution in [0.25, 0.3) is 0 Å². The number of aliphatic hydroxyl groups is 2. The van der Waals surface area contributed by atoms with Crippen LogP contribution in [0.1, 0.15) is 360 Å². The zero-order valence-electron chi connectivity index (χ0n) is 48.5. The Morgan fingerprint density at radius 3 is 0.847 bits per heavy atom. The minimum absolute atomic E-state index is 0.0457. The molecule has 1 fully saturated rings. The molecule has 0 amide bonds. The van der Waals surface area contributed by atoms with Crippen LogP contribution >= 0.6 is 0 Å². The maximum atomic E-state index is 12.5. The second kappa shape index (κ2) is 55.8. The van der Waals surface area contributed by atoms with Crippen LogP contribution in [0.4, 0.5) is 0 Å². The summed E-state index contributed by atoms with van der Waals surface area (Å²) in [7, 11) is 0. The Balaban J connectivity index is 1.67. The topological polar surface area (TPSA) is 93.1 Å². The van der Waals surface area contributed by atoms with E-state index in [1.165, 1.54) is 327 Å². The molecule has 0 aliphatic carbocycles. The van der Waals surface area contributed by atoms with Gasteiger partial charge in [0.2, 0.25) is 0 Å². The number of unbranched alkanes of at least 4 members (excludes halogenated alkanes) is 52. The summed E-state index contributed by atoms with van der Waals surface area (Å²) in [5.74, 6) is -1.57. The Labute approximate surface area is 449 Å². The third kappa shape index (κ3) is 47.1. The van der Waals surface area contributed by atoms with Gasteiger partial charge < -0.3 is 19.7 Å². The molecule has 0 saturated carbocycles. The van der Waals surface area contributed by atoms with Crippen molar-refractivity contribution >= 4 is 11.9 Å². The standard InChI is InChI=1S/C66H126O6/c1-2-3-4-5-6-7-8-9-10-11-12-13-14-15-16-17-18-19-20-21-22-23-24-25-26-27-28-29-30-31-32-33-34-35-36-37-38-39-40-41-42-43-44-45-46-47-48-49-50-51-52-53-54-55-56-57-63-58-64(69)71-61-66(59-67,60-68)62-72-65(63)70/h55-56,63,67-68H,2-54,57-62H2,1H3/b56-55+. The Hall–Kier alpha value is -1.40. The number of hydrogen-bond acceptors (Lipinski definition) is 6. The van der Waals surface area contributed by atoms with Gasteiger partial charge in [0.05, 0.1) is 31.0 Å². The largest absolute Gasteiger partial charge is 0.465 e. The molecule has 1 atom stereocenters. The lowest BCUT2D eigenvalue weighted by Crippen LogP contribution is -2.40. The first-order valence-electron chi connectivity index (χ1n) is 32.8. The third-order valence-corrected chi connectivity index (χ3v) is 16.3. The summed E-state index contributed by atoms with van der Waals surface area (Å²) in [4.78, 5) is 24.7. The number of esters is 2. The van der Waals surface area contributed by atoms with Crippen LogP contribution in [0.5, 0.6) is 0 Å². The molecule has 1 saturated heterocycles. The highest BCUT2D eigenvalue weighted by Gasteiger charge is 2.36. The molecule has 6 nitrogen and oxygen atoms in total. The summed E-state index contributed by atoms with van der Waals surface area (Å²) in [6.07, 6.45) is 80.5. The van der Waals surface area contributed by atoms with Crippen LogP contribution in [0.3, 0.4) is 0 Å². The summed E-state index contributed by atoms with van der Waals surface area (Å²) in [6, 6.07) is 0. The monoisotopic (exact) mass is 1010 g/mol. The SMILES string of the molecule is CCCCCCCCCCCCCCCCCCCCCCCCCCCCCCCCCCCCCCCCCCCCCCCCCCCCCC/C=C/CC1CC(=O)OCC(CO)(CO)COC1=O. The third-order valence-electron chi connectivity index (χ3n) is 16.3. The highest BCUT2D eigenvalue weighted by atomic mass is 16.6. The van der Waals surface area contributed by atoms with Gasteiger partial charge in [-0.1, -0.05) is 347 Å². The molecule has 6 heteroatoms. The van der Waals surface area contributed by atoms with Crippen LogP contribution in [-0.2, 0) is 19.1 Å². The Kier molecular flexibility index (Phi) is 53.2. The molecular formula is C66H126O6. The first-order chi connectivity index (χ1) is 35.6. The zero-order chi connectivity index (χ0) is 51.8. The van der Waals surface area contributed by atoms with Crippen molar-refractivity contribution in [2.75, 3.05) is 26.4 Å². The van der Waals surface area contributed by atoms with Gasteiger partial charge in [0.25, 0.3) is 0 Å². The van der Waals surface area contributed by atoms with Gasteiger partial charge in [0.15, 0.2) is 0 Å². The highest BCUT2D eigenvalue weighted by Crippen LogP contribution is 2.24. The molecule has 1 unspecified atom stereocenters. The van der Waals surface area contributed by atoms with Gasteiger partial charge >= 0.3 is 11.9 Å². The number of carbonyl (C=O) groups is 2. The zero-order valence-corrected chi connectivity index (χ0v) is 48.5. The fourth-order valence-corrected chi connectivity index (χ4v) is 10.9. The van der Waals surface area contributed by atoms with E-state index < -0.39 is 36.5 Å². The molecule has 1 rings (SSSR count). The lowest BCUT2D eigenvalue weighted by Gasteiger charge is -2.27. The van der Waals surface area contributed by atoms with Crippen molar-refractivity contribution in [1.29, 1.82) is 0 Å². The lowest BCUT2D eigenvalue weighted by atomic mass is 9.92. The average Bonchev–Trinajstić information content (AvgIpc) is 3.45. The van der Waals surface area contributed by atoms with Gasteiger partial charge in [0, 0.05) is 0 Å². The molecule has 72 heavy (non-hydrogen) atoms. The number of hydrogen-bond donors (Lipinski definition) is 2. The summed E-state index contributed by atoms with van der Waals surface area (Å²) >= 11 is 0. The quantitative estimate of drug-likeness (QED) is 0.0358. The second-order valence-corrected chi connectivity index (χ2v) is 23.5. The Morgan fingerprint density at radius 1 is 0.361 bits per heavy atom. The molecule has 426 valence electrons. The number of aliphatic hydroxyl groups excluding tert-OH is 2. The number of carbonyl (C=O) groups excluding carboxylic acids is 2. The van der Waals surface area contributed by atoms with E-state index in [0.717, 1.165) is 12.8 Å². The van der Waals surface area contributed by atoms with Gasteiger partial charge in [-0.3, -0.25) is 9.59 Å². The number of rotatable bonds is 57. The first kappa shape index (κ1) is 68.6. The molecule has 0 bridgehead atoms. The van der Waals surface area contributed by atoms with E-state index in [9.17, 15) is 19.8 Å². The smallest absolute Gasteiger partial charge is 0.309 e. The second-order valence-electron chi connectivity index (χ2n) is 23.5. The molecular weight excluding hydrogens is 889 g/mol. The van der Waals surface area contributed by atoms with E-state index in [-0.39, 0.29) is 19.6 Å². The first-order valence-corrected chi connectivity index (χ1v) is 32.8. The predicted octanol–water partition coefficient (Wildman–Crippen LogP) is 20.7. The lowest BCUT2D eigenvalue weighted by molar-refractivity contribution is -0.154. The molecule has 0 aromatic heterocycles. The van der Waals surface area contributed by atoms with E-state index in [4.69, 9.17) is 9.47 Å². The number of cyclic esters (lactones) is 2. The van der Waals surface area contributed by atoms with Crippen LogP contribution in [0.2, 0.25) is 0 Å². The molecule has 0 spiro atoms. The van der Waals surface area contributed by atoms with Crippen molar-refractivity contribution in [1.82, 2.24) is 0 Å². The minimum Gasteiger partial charge on any atom is -0.465 e. The molecule has 0 aromatic rings. The fraction of sp³-hybridized carbons (Fsp3) is 0.939. The Morgan fingerprint density at radius 2 is 0.597 bits per heavy atom. The van der Waals surface area contributed by atoms with E-state index in [2.05, 4.69) is 13.0 Å².